The smallest absolute Gasteiger partial charge is 0.447 e. The van der Waals surface area contributed by atoms with Gasteiger partial charge in [-0.15, -0.1) is 0 Å². The van der Waals surface area contributed by atoms with Crippen LogP contribution >= 0.6 is 0 Å². The number of hydrogen-bond donors (Lipinski definition) is 0. The molecule has 7 heteroatoms. The molecule has 21 heavy (non-hydrogen) atoms. The van der Waals surface area contributed by atoms with E-state index in [1.165, 1.54) is 0 Å². The Morgan fingerprint density at radius 1 is 1.29 bits per heavy atom. The van der Waals surface area contributed by atoms with Gasteiger partial charge in [0.2, 0.25) is 5.78 Å². The van der Waals surface area contributed by atoms with Crippen LogP contribution in [0.5, 0.6) is 0 Å². The quantitative estimate of drug-likeness (QED) is 0.748. The minimum Gasteiger partial charge on any atom is -0.447 e. The highest BCUT2D eigenvalue weighted by Gasteiger charge is 2.55. The van der Waals surface area contributed by atoms with Crippen molar-refractivity contribution >= 4 is 11.9 Å². The number of rotatable bonds is 1. The van der Waals surface area contributed by atoms with Crippen molar-refractivity contribution < 1.29 is 27.5 Å². The van der Waals surface area contributed by atoms with E-state index in [9.17, 15) is 22.8 Å². The highest BCUT2D eigenvalue weighted by molar-refractivity contribution is 5.86. The number of hydrogen-bond acceptors (Lipinski definition) is 3. The number of carbonyl (C=O) groups is 2. The first-order valence-corrected chi connectivity index (χ1v) is 7.37. The summed E-state index contributed by atoms with van der Waals surface area (Å²) in [7, 11) is 0. The van der Waals surface area contributed by atoms with Crippen molar-refractivity contribution in [3.63, 3.8) is 0 Å². The summed E-state index contributed by atoms with van der Waals surface area (Å²) < 4.78 is 43.4. The van der Waals surface area contributed by atoms with E-state index in [1.807, 2.05) is 6.92 Å². The van der Waals surface area contributed by atoms with Gasteiger partial charge >= 0.3 is 12.3 Å². The van der Waals surface area contributed by atoms with Crippen LogP contribution in [0.3, 0.4) is 0 Å². The fraction of sp³-hybridized carbons (Fsp3) is 0.857. The second-order valence-electron chi connectivity index (χ2n) is 6.34. The number of fused-ring (bicyclic) bond motifs is 2. The topological polar surface area (TPSA) is 46.6 Å². The average Bonchev–Trinajstić information content (AvgIpc) is 2.78. The second-order valence-corrected chi connectivity index (χ2v) is 6.34. The standard InChI is InChI=1S/C14H18F3NO3/c1-7-9-3-2-4-10(12(19)14(15,16)17)11(9)5-8-6-21-13(20)18(7)8/h7-11H,2-6H2,1H3/t7-,8+,9+,10+,11+/m0/s1. The zero-order valence-electron chi connectivity index (χ0n) is 11.7. The molecule has 2 saturated heterocycles. The molecule has 3 rings (SSSR count). The molecular weight excluding hydrogens is 287 g/mol. The molecule has 0 spiro atoms. The van der Waals surface area contributed by atoms with Crippen molar-refractivity contribution in [1.29, 1.82) is 0 Å². The highest BCUT2D eigenvalue weighted by Crippen LogP contribution is 2.48. The van der Waals surface area contributed by atoms with E-state index in [4.69, 9.17) is 4.74 Å². The Labute approximate surface area is 120 Å². The Morgan fingerprint density at radius 2 is 2.00 bits per heavy atom. The van der Waals surface area contributed by atoms with Gasteiger partial charge in [0.25, 0.3) is 0 Å². The zero-order chi connectivity index (χ0) is 15.4. The molecule has 1 aliphatic carbocycles. The van der Waals surface area contributed by atoms with Crippen molar-refractivity contribution in [1.82, 2.24) is 4.90 Å². The molecular formula is C14H18F3NO3. The van der Waals surface area contributed by atoms with Gasteiger partial charge in [0.15, 0.2) is 0 Å². The van der Waals surface area contributed by atoms with E-state index < -0.39 is 17.9 Å². The predicted molar refractivity (Wildman–Crippen MR) is 66.4 cm³/mol. The maximum absolute atomic E-state index is 12.8. The molecule has 0 radical (unpaired) electrons. The lowest BCUT2D eigenvalue weighted by Gasteiger charge is -2.49. The van der Waals surface area contributed by atoms with Gasteiger partial charge in [-0.1, -0.05) is 6.42 Å². The molecule has 2 heterocycles. The van der Waals surface area contributed by atoms with Gasteiger partial charge in [-0.3, -0.25) is 9.69 Å². The monoisotopic (exact) mass is 305 g/mol. The molecule has 0 bridgehead atoms. The highest BCUT2D eigenvalue weighted by atomic mass is 19.4. The van der Waals surface area contributed by atoms with Gasteiger partial charge in [-0.05, 0) is 38.0 Å². The Hall–Kier alpha value is -1.27. The van der Waals surface area contributed by atoms with Gasteiger partial charge in [0, 0.05) is 12.0 Å². The van der Waals surface area contributed by atoms with Crippen molar-refractivity contribution in [2.24, 2.45) is 17.8 Å². The van der Waals surface area contributed by atoms with Crippen LogP contribution in [0.25, 0.3) is 0 Å². The van der Waals surface area contributed by atoms with Crippen LogP contribution in [-0.4, -0.2) is 41.6 Å². The third-order valence-electron chi connectivity index (χ3n) is 5.34. The third-order valence-corrected chi connectivity index (χ3v) is 5.34. The van der Waals surface area contributed by atoms with Crippen LogP contribution in [-0.2, 0) is 9.53 Å². The second kappa shape index (κ2) is 4.88. The van der Waals surface area contributed by atoms with E-state index >= 15 is 0 Å². The fourth-order valence-corrected chi connectivity index (χ4v) is 4.45. The number of Topliss-reactive ketones (excluding diaryl/α,β-unsaturated/α-hetero) is 1. The minimum absolute atomic E-state index is 0.0445. The van der Waals surface area contributed by atoms with Crippen LogP contribution in [0.2, 0.25) is 0 Å². The van der Waals surface area contributed by atoms with Crippen molar-refractivity contribution in [2.75, 3.05) is 6.61 Å². The molecule has 3 aliphatic rings. The first-order valence-electron chi connectivity index (χ1n) is 7.37. The molecule has 5 atom stereocenters. The molecule has 2 aliphatic heterocycles. The third kappa shape index (κ3) is 2.30. The number of carbonyl (C=O) groups excluding carboxylic acids is 2. The van der Waals surface area contributed by atoms with Gasteiger partial charge < -0.3 is 4.74 Å². The van der Waals surface area contributed by atoms with E-state index in [2.05, 4.69) is 0 Å². The van der Waals surface area contributed by atoms with E-state index in [0.717, 1.165) is 6.42 Å². The molecule has 4 nitrogen and oxygen atoms in total. The number of alkyl halides is 3. The lowest BCUT2D eigenvalue weighted by molar-refractivity contribution is -0.181. The molecule has 0 N–H and O–H groups in total. The average molecular weight is 305 g/mol. The fourth-order valence-electron chi connectivity index (χ4n) is 4.45. The molecule has 1 amide bonds. The summed E-state index contributed by atoms with van der Waals surface area (Å²) >= 11 is 0. The number of halogens is 3. The summed E-state index contributed by atoms with van der Waals surface area (Å²) in [5.74, 6) is -2.89. The Bertz CT molecular complexity index is 465. The summed E-state index contributed by atoms with van der Waals surface area (Å²) in [6, 6.07) is -0.344. The summed E-state index contributed by atoms with van der Waals surface area (Å²) in [5.41, 5.74) is 0. The Kier molecular flexibility index (Phi) is 3.41. The summed E-state index contributed by atoms with van der Waals surface area (Å²) in [5, 5.41) is 0. The summed E-state index contributed by atoms with van der Waals surface area (Å²) in [6.45, 7) is 2.08. The van der Waals surface area contributed by atoms with Gasteiger partial charge in [0.1, 0.15) is 6.61 Å². The number of amides is 1. The van der Waals surface area contributed by atoms with E-state index in [0.29, 0.717) is 19.3 Å². The minimum atomic E-state index is -4.77. The molecule has 0 aromatic carbocycles. The molecule has 3 fully saturated rings. The normalized spacial score (nSPS) is 39.5. The van der Waals surface area contributed by atoms with Gasteiger partial charge in [-0.25, -0.2) is 4.79 Å². The molecule has 1 saturated carbocycles. The van der Waals surface area contributed by atoms with Crippen LogP contribution in [0.4, 0.5) is 18.0 Å². The van der Waals surface area contributed by atoms with Gasteiger partial charge in [-0.2, -0.15) is 13.2 Å². The number of ether oxygens (including phenoxy) is 1. The number of cyclic esters (lactones) is 1. The number of ketones is 1. The van der Waals surface area contributed by atoms with Crippen LogP contribution in [0.1, 0.15) is 32.6 Å². The first-order chi connectivity index (χ1) is 9.80. The van der Waals surface area contributed by atoms with Crippen molar-refractivity contribution in [3.05, 3.63) is 0 Å². The lowest BCUT2D eigenvalue weighted by Crippen LogP contribution is -2.56. The van der Waals surface area contributed by atoms with E-state index in [-0.39, 0.29) is 36.6 Å². The molecule has 118 valence electrons. The SMILES string of the molecule is C[C@H]1[C@H]2CCC[C@@H](C(=O)C(F)(F)F)[C@@H]2C[C@@H]2COC(=O)N21. The maximum atomic E-state index is 12.8. The number of nitrogens with zero attached hydrogens (tertiary/aromatic N) is 1. The van der Waals surface area contributed by atoms with Crippen LogP contribution < -0.4 is 0 Å². The molecule has 0 aromatic rings. The summed E-state index contributed by atoms with van der Waals surface area (Å²) in [6.07, 6.45) is -3.04. The Balaban J connectivity index is 1.85. The van der Waals surface area contributed by atoms with E-state index in [1.54, 1.807) is 4.90 Å². The maximum Gasteiger partial charge on any atom is 0.450 e. The predicted octanol–water partition coefficient (Wildman–Crippen LogP) is 2.76. The molecule has 0 aromatic heterocycles. The van der Waals surface area contributed by atoms with Crippen molar-refractivity contribution in [2.45, 2.75) is 50.9 Å². The molecule has 0 unspecified atom stereocenters. The van der Waals surface area contributed by atoms with Crippen LogP contribution in [0, 0.1) is 17.8 Å². The van der Waals surface area contributed by atoms with Gasteiger partial charge in [0.05, 0.1) is 6.04 Å². The largest absolute Gasteiger partial charge is 0.450 e. The van der Waals surface area contributed by atoms with Crippen LogP contribution in [0.15, 0.2) is 0 Å². The summed E-state index contributed by atoms with van der Waals surface area (Å²) in [4.78, 5) is 25.1. The van der Waals surface area contributed by atoms with Crippen molar-refractivity contribution in [3.8, 4) is 0 Å². The number of piperidine rings is 1. The Morgan fingerprint density at radius 3 is 2.67 bits per heavy atom. The zero-order valence-corrected chi connectivity index (χ0v) is 11.7. The first kappa shape index (κ1) is 14.7. The lowest BCUT2D eigenvalue weighted by atomic mass is 9.63.